The van der Waals surface area contributed by atoms with Crippen LogP contribution < -0.4 is 10.2 Å². The standard InChI is InChI=1S/C20H30N2O/c1-16-12-14-22(15-13-16)19-9-7-18(8-10-19)21-20(23)11-6-17-4-2-3-5-17/h7-10,16-17H,2-6,11-15H2,1H3,(H,21,23). The van der Waals surface area contributed by atoms with Gasteiger partial charge in [-0.25, -0.2) is 0 Å². The molecule has 1 aliphatic heterocycles. The minimum Gasteiger partial charge on any atom is -0.372 e. The van der Waals surface area contributed by atoms with Crippen molar-refractivity contribution in [2.45, 2.75) is 58.3 Å². The summed E-state index contributed by atoms with van der Waals surface area (Å²) in [5, 5.41) is 3.05. The zero-order chi connectivity index (χ0) is 16.1. The molecular weight excluding hydrogens is 284 g/mol. The third-order valence-corrected chi connectivity index (χ3v) is 5.55. The molecule has 1 aromatic rings. The van der Waals surface area contributed by atoms with E-state index in [0.29, 0.717) is 6.42 Å². The van der Waals surface area contributed by atoms with Gasteiger partial charge in [0.25, 0.3) is 0 Å². The fraction of sp³-hybridized carbons (Fsp3) is 0.650. The van der Waals surface area contributed by atoms with Gasteiger partial charge in [0.15, 0.2) is 0 Å². The van der Waals surface area contributed by atoms with Gasteiger partial charge in [0.1, 0.15) is 0 Å². The molecule has 2 fully saturated rings. The molecule has 3 heteroatoms. The summed E-state index contributed by atoms with van der Waals surface area (Å²) in [5.74, 6) is 1.80. The molecule has 0 radical (unpaired) electrons. The number of hydrogen-bond donors (Lipinski definition) is 1. The van der Waals surface area contributed by atoms with Gasteiger partial charge in [0.05, 0.1) is 0 Å². The number of amides is 1. The second-order valence-electron chi connectivity index (χ2n) is 7.45. The Bertz CT molecular complexity index is 497. The largest absolute Gasteiger partial charge is 0.372 e. The van der Waals surface area contributed by atoms with E-state index in [4.69, 9.17) is 0 Å². The molecule has 1 heterocycles. The van der Waals surface area contributed by atoms with Crippen molar-refractivity contribution in [3.8, 4) is 0 Å². The highest BCUT2D eigenvalue weighted by molar-refractivity contribution is 5.90. The van der Waals surface area contributed by atoms with Gasteiger partial charge in [-0.2, -0.15) is 0 Å². The van der Waals surface area contributed by atoms with Gasteiger partial charge in [-0.15, -0.1) is 0 Å². The maximum Gasteiger partial charge on any atom is 0.224 e. The van der Waals surface area contributed by atoms with Crippen LogP contribution in [0.25, 0.3) is 0 Å². The number of carbonyl (C=O) groups is 1. The molecule has 1 amide bonds. The summed E-state index contributed by atoms with van der Waals surface area (Å²) in [6, 6.07) is 8.37. The lowest BCUT2D eigenvalue weighted by Gasteiger charge is -2.32. The summed E-state index contributed by atoms with van der Waals surface area (Å²) in [6.45, 7) is 4.63. The minimum absolute atomic E-state index is 0.163. The first-order chi connectivity index (χ1) is 11.2. The molecule has 2 aliphatic rings. The minimum atomic E-state index is 0.163. The zero-order valence-electron chi connectivity index (χ0n) is 14.4. The smallest absolute Gasteiger partial charge is 0.224 e. The number of benzene rings is 1. The van der Waals surface area contributed by atoms with Gasteiger partial charge in [-0.05, 0) is 55.4 Å². The van der Waals surface area contributed by atoms with Crippen molar-refractivity contribution >= 4 is 17.3 Å². The fourth-order valence-corrected chi connectivity index (χ4v) is 3.88. The highest BCUT2D eigenvalue weighted by Crippen LogP contribution is 2.29. The van der Waals surface area contributed by atoms with Gasteiger partial charge >= 0.3 is 0 Å². The van der Waals surface area contributed by atoms with Gasteiger partial charge in [-0.3, -0.25) is 4.79 Å². The van der Waals surface area contributed by atoms with Crippen molar-refractivity contribution in [3.63, 3.8) is 0 Å². The SMILES string of the molecule is CC1CCN(c2ccc(NC(=O)CCC3CCCC3)cc2)CC1. The van der Waals surface area contributed by atoms with Crippen molar-refractivity contribution < 1.29 is 4.79 Å². The summed E-state index contributed by atoms with van der Waals surface area (Å²) in [5.41, 5.74) is 2.21. The summed E-state index contributed by atoms with van der Waals surface area (Å²) >= 11 is 0. The van der Waals surface area contributed by atoms with Gasteiger partial charge in [0, 0.05) is 30.9 Å². The average molecular weight is 314 g/mol. The quantitative estimate of drug-likeness (QED) is 0.844. The Labute approximate surface area is 140 Å². The normalized spacial score (nSPS) is 20.0. The van der Waals surface area contributed by atoms with Crippen LogP contribution in [-0.4, -0.2) is 19.0 Å². The first-order valence-corrected chi connectivity index (χ1v) is 9.35. The average Bonchev–Trinajstić information content (AvgIpc) is 3.08. The van der Waals surface area contributed by atoms with E-state index in [9.17, 15) is 4.79 Å². The molecule has 3 rings (SSSR count). The molecule has 0 bridgehead atoms. The molecule has 1 aromatic carbocycles. The number of nitrogens with zero attached hydrogens (tertiary/aromatic N) is 1. The van der Waals surface area contributed by atoms with Crippen molar-refractivity contribution in [1.29, 1.82) is 0 Å². The maximum atomic E-state index is 12.1. The number of nitrogens with one attached hydrogen (secondary N) is 1. The number of carbonyl (C=O) groups excluding carboxylic acids is 1. The molecule has 1 saturated heterocycles. The Morgan fingerprint density at radius 3 is 2.39 bits per heavy atom. The van der Waals surface area contributed by atoms with Crippen LogP contribution in [0.3, 0.4) is 0 Å². The van der Waals surface area contributed by atoms with E-state index < -0.39 is 0 Å². The van der Waals surface area contributed by atoms with Crippen LogP contribution >= 0.6 is 0 Å². The van der Waals surface area contributed by atoms with Crippen molar-refractivity contribution in [1.82, 2.24) is 0 Å². The summed E-state index contributed by atoms with van der Waals surface area (Å²) in [6.07, 6.45) is 9.60. The number of anilines is 2. The monoisotopic (exact) mass is 314 g/mol. The molecule has 0 atom stereocenters. The van der Waals surface area contributed by atoms with Crippen LogP contribution in [0.4, 0.5) is 11.4 Å². The van der Waals surface area contributed by atoms with Crippen LogP contribution in [0.1, 0.15) is 58.3 Å². The van der Waals surface area contributed by atoms with Crippen LogP contribution in [0.5, 0.6) is 0 Å². The van der Waals surface area contributed by atoms with E-state index in [1.165, 1.54) is 44.2 Å². The van der Waals surface area contributed by atoms with E-state index >= 15 is 0 Å². The predicted molar refractivity (Wildman–Crippen MR) is 96.9 cm³/mol. The third-order valence-electron chi connectivity index (χ3n) is 5.55. The van der Waals surface area contributed by atoms with Crippen molar-refractivity contribution in [2.24, 2.45) is 11.8 Å². The summed E-state index contributed by atoms with van der Waals surface area (Å²) in [7, 11) is 0. The lowest BCUT2D eigenvalue weighted by molar-refractivity contribution is -0.116. The molecule has 1 N–H and O–H groups in total. The van der Waals surface area contributed by atoms with Gasteiger partial charge in [0.2, 0.25) is 5.91 Å². The molecule has 0 spiro atoms. The molecular formula is C20H30N2O. The van der Waals surface area contributed by atoms with E-state index in [-0.39, 0.29) is 5.91 Å². The molecule has 126 valence electrons. The molecule has 1 aliphatic carbocycles. The molecule has 3 nitrogen and oxygen atoms in total. The molecule has 1 saturated carbocycles. The number of piperidine rings is 1. The van der Waals surface area contributed by atoms with Crippen LogP contribution in [0.2, 0.25) is 0 Å². The Morgan fingerprint density at radius 1 is 1.09 bits per heavy atom. The summed E-state index contributed by atoms with van der Waals surface area (Å²) in [4.78, 5) is 14.5. The van der Waals surface area contributed by atoms with Gasteiger partial charge in [-0.1, -0.05) is 32.6 Å². The van der Waals surface area contributed by atoms with E-state index in [1.54, 1.807) is 0 Å². The fourth-order valence-electron chi connectivity index (χ4n) is 3.88. The maximum absolute atomic E-state index is 12.1. The van der Waals surface area contributed by atoms with Crippen LogP contribution in [0.15, 0.2) is 24.3 Å². The highest BCUT2D eigenvalue weighted by Gasteiger charge is 2.17. The van der Waals surface area contributed by atoms with Crippen molar-refractivity contribution in [3.05, 3.63) is 24.3 Å². The van der Waals surface area contributed by atoms with Gasteiger partial charge < -0.3 is 10.2 Å². The zero-order valence-corrected chi connectivity index (χ0v) is 14.4. The number of rotatable bonds is 5. The summed E-state index contributed by atoms with van der Waals surface area (Å²) < 4.78 is 0. The second-order valence-corrected chi connectivity index (χ2v) is 7.45. The lowest BCUT2D eigenvalue weighted by Crippen LogP contribution is -2.32. The molecule has 0 unspecified atom stereocenters. The van der Waals surface area contributed by atoms with E-state index in [2.05, 4.69) is 29.3 Å². The van der Waals surface area contributed by atoms with E-state index in [1.807, 2.05) is 12.1 Å². The van der Waals surface area contributed by atoms with Crippen LogP contribution in [-0.2, 0) is 4.79 Å². The Hall–Kier alpha value is -1.51. The topological polar surface area (TPSA) is 32.3 Å². The number of hydrogen-bond acceptors (Lipinski definition) is 2. The van der Waals surface area contributed by atoms with E-state index in [0.717, 1.165) is 37.0 Å². The molecule has 23 heavy (non-hydrogen) atoms. The second kappa shape index (κ2) is 7.85. The third kappa shape index (κ3) is 4.73. The first-order valence-electron chi connectivity index (χ1n) is 9.35. The van der Waals surface area contributed by atoms with Crippen LogP contribution in [0, 0.1) is 11.8 Å². The lowest BCUT2D eigenvalue weighted by atomic mass is 9.99. The van der Waals surface area contributed by atoms with Crippen molar-refractivity contribution in [2.75, 3.05) is 23.3 Å². The highest BCUT2D eigenvalue weighted by atomic mass is 16.1. The Morgan fingerprint density at radius 2 is 1.74 bits per heavy atom. The Kier molecular flexibility index (Phi) is 5.58. The predicted octanol–water partition coefficient (Wildman–Crippen LogP) is 4.83. The first kappa shape index (κ1) is 16.4. The Balaban J connectivity index is 1.46. The molecule has 0 aromatic heterocycles.